The molecule has 3 heteroatoms. The Bertz CT molecular complexity index is 1350. The molecule has 0 aromatic heterocycles. The van der Waals surface area contributed by atoms with E-state index in [1.54, 1.807) is 0 Å². The van der Waals surface area contributed by atoms with Gasteiger partial charge in [-0.15, -0.1) is 0 Å². The standard InChI is InChI=1S/C32H29Br2N/c1-20-15-21(2)31-14-5-24(19-25(31)16-20)32-22(3)17-30(18-23(32)4)35(28-10-6-26(33)7-11-28)29-12-8-27(34)9-13-29/h5-14,16-19,21H,15H2,1-4H3. The van der Waals surface area contributed by atoms with Gasteiger partial charge in [0.05, 0.1) is 0 Å². The molecule has 1 unspecified atom stereocenters. The molecule has 4 aromatic carbocycles. The van der Waals surface area contributed by atoms with Crippen molar-refractivity contribution in [2.75, 3.05) is 4.90 Å². The molecule has 0 saturated carbocycles. The van der Waals surface area contributed by atoms with Crippen molar-refractivity contribution in [1.82, 2.24) is 0 Å². The molecule has 5 rings (SSSR count). The molecule has 1 nitrogen and oxygen atoms in total. The summed E-state index contributed by atoms with van der Waals surface area (Å²) in [4.78, 5) is 2.32. The quantitative estimate of drug-likeness (QED) is 0.230. The number of halogens is 2. The fourth-order valence-corrected chi connectivity index (χ4v) is 5.90. The number of allylic oxidation sites excluding steroid dienone is 1. The number of nitrogens with zero attached hydrogens (tertiary/aromatic N) is 1. The zero-order chi connectivity index (χ0) is 24.7. The highest BCUT2D eigenvalue weighted by atomic mass is 79.9. The molecule has 0 saturated heterocycles. The minimum atomic E-state index is 0.582. The topological polar surface area (TPSA) is 3.24 Å². The van der Waals surface area contributed by atoms with Crippen molar-refractivity contribution in [2.45, 2.75) is 40.0 Å². The van der Waals surface area contributed by atoms with Crippen molar-refractivity contribution >= 4 is 55.0 Å². The molecular formula is C32H29Br2N. The molecule has 0 heterocycles. The maximum atomic E-state index is 3.58. The second-order valence-electron chi connectivity index (χ2n) is 9.68. The number of rotatable bonds is 4. The summed E-state index contributed by atoms with van der Waals surface area (Å²) >= 11 is 7.16. The van der Waals surface area contributed by atoms with Crippen LogP contribution in [0.3, 0.4) is 0 Å². The van der Waals surface area contributed by atoms with Gasteiger partial charge in [0, 0.05) is 26.0 Å². The molecule has 0 fully saturated rings. The van der Waals surface area contributed by atoms with Crippen molar-refractivity contribution in [2.24, 2.45) is 0 Å². The van der Waals surface area contributed by atoms with Gasteiger partial charge in [0.15, 0.2) is 0 Å². The van der Waals surface area contributed by atoms with Crippen molar-refractivity contribution < 1.29 is 0 Å². The van der Waals surface area contributed by atoms with Gasteiger partial charge in [-0.3, -0.25) is 0 Å². The molecule has 35 heavy (non-hydrogen) atoms. The molecule has 176 valence electrons. The van der Waals surface area contributed by atoms with Crippen LogP contribution in [-0.4, -0.2) is 0 Å². The Labute approximate surface area is 225 Å². The first-order chi connectivity index (χ1) is 16.8. The predicted octanol–water partition coefficient (Wildman–Crippen LogP) is 10.9. The van der Waals surface area contributed by atoms with Gasteiger partial charge in [0.2, 0.25) is 0 Å². The smallest absolute Gasteiger partial charge is 0.0467 e. The van der Waals surface area contributed by atoms with E-state index in [0.29, 0.717) is 5.92 Å². The summed E-state index contributed by atoms with van der Waals surface area (Å²) in [5, 5.41) is 0. The molecule has 1 atom stereocenters. The lowest BCUT2D eigenvalue weighted by Crippen LogP contribution is -2.10. The Morgan fingerprint density at radius 1 is 0.686 bits per heavy atom. The van der Waals surface area contributed by atoms with Crippen LogP contribution < -0.4 is 4.90 Å². The Hall–Kier alpha value is -2.62. The number of hydrogen-bond acceptors (Lipinski definition) is 1. The number of fused-ring (bicyclic) bond motifs is 1. The Balaban J connectivity index is 1.61. The minimum Gasteiger partial charge on any atom is -0.310 e. The normalized spacial score (nSPS) is 14.9. The van der Waals surface area contributed by atoms with Crippen LogP contribution in [0.25, 0.3) is 17.2 Å². The van der Waals surface area contributed by atoms with Crippen molar-refractivity contribution in [1.29, 1.82) is 0 Å². The van der Waals surface area contributed by atoms with Crippen LogP contribution in [0.2, 0.25) is 0 Å². The summed E-state index contributed by atoms with van der Waals surface area (Å²) in [6.07, 6.45) is 3.52. The van der Waals surface area contributed by atoms with Gasteiger partial charge in [-0.1, -0.05) is 62.6 Å². The summed E-state index contributed by atoms with van der Waals surface area (Å²) in [6, 6.07) is 28.7. The second-order valence-corrected chi connectivity index (χ2v) is 11.5. The van der Waals surface area contributed by atoms with Gasteiger partial charge in [-0.05, 0) is 133 Å². The van der Waals surface area contributed by atoms with Crippen molar-refractivity contribution in [3.8, 4) is 11.1 Å². The average Bonchev–Trinajstić information content (AvgIpc) is 2.81. The summed E-state index contributed by atoms with van der Waals surface area (Å²) in [6.45, 7) is 9.04. The molecule has 4 aromatic rings. The summed E-state index contributed by atoms with van der Waals surface area (Å²) in [5.41, 5.74) is 12.9. The van der Waals surface area contributed by atoms with E-state index in [2.05, 4.69) is 149 Å². The van der Waals surface area contributed by atoms with Crippen molar-refractivity contribution in [3.63, 3.8) is 0 Å². The van der Waals surface area contributed by atoms with Gasteiger partial charge in [0.25, 0.3) is 0 Å². The van der Waals surface area contributed by atoms with E-state index in [0.717, 1.165) is 32.4 Å². The monoisotopic (exact) mass is 585 g/mol. The molecular weight excluding hydrogens is 558 g/mol. The maximum Gasteiger partial charge on any atom is 0.0467 e. The van der Waals surface area contributed by atoms with E-state index >= 15 is 0 Å². The molecule has 0 aliphatic heterocycles. The Kier molecular flexibility index (Phi) is 6.74. The van der Waals surface area contributed by atoms with Crippen molar-refractivity contribution in [3.05, 3.63) is 116 Å². The zero-order valence-corrected chi connectivity index (χ0v) is 23.7. The molecule has 1 aliphatic carbocycles. The largest absolute Gasteiger partial charge is 0.310 e. The molecule has 0 spiro atoms. The van der Waals surface area contributed by atoms with Crippen LogP contribution >= 0.6 is 31.9 Å². The van der Waals surface area contributed by atoms with E-state index in [1.807, 2.05) is 0 Å². The van der Waals surface area contributed by atoms with E-state index < -0.39 is 0 Å². The summed E-state index contributed by atoms with van der Waals surface area (Å²) in [7, 11) is 0. The molecule has 0 bridgehead atoms. The molecule has 0 N–H and O–H groups in total. The van der Waals surface area contributed by atoms with Crippen LogP contribution in [0.1, 0.15) is 48.4 Å². The lowest BCUT2D eigenvalue weighted by Gasteiger charge is -2.27. The molecule has 0 radical (unpaired) electrons. The maximum absolute atomic E-state index is 3.58. The van der Waals surface area contributed by atoms with E-state index in [1.165, 1.54) is 39.0 Å². The first kappa shape index (κ1) is 24.1. The van der Waals surface area contributed by atoms with Crippen LogP contribution in [0.15, 0.2) is 93.4 Å². The van der Waals surface area contributed by atoms with Crippen LogP contribution in [-0.2, 0) is 0 Å². The summed E-state index contributed by atoms with van der Waals surface area (Å²) < 4.78 is 2.15. The van der Waals surface area contributed by atoms with Gasteiger partial charge in [-0.2, -0.15) is 0 Å². The Morgan fingerprint density at radius 2 is 1.23 bits per heavy atom. The summed E-state index contributed by atoms with van der Waals surface area (Å²) in [5.74, 6) is 0.582. The van der Waals surface area contributed by atoms with E-state index in [4.69, 9.17) is 0 Å². The number of hydrogen-bond donors (Lipinski definition) is 0. The average molecular weight is 587 g/mol. The third kappa shape index (κ3) is 4.90. The minimum absolute atomic E-state index is 0.582. The third-order valence-corrected chi connectivity index (χ3v) is 7.94. The highest BCUT2D eigenvalue weighted by Gasteiger charge is 2.19. The zero-order valence-electron chi connectivity index (χ0n) is 20.6. The van der Waals surface area contributed by atoms with Gasteiger partial charge >= 0.3 is 0 Å². The fraction of sp³-hybridized carbons (Fsp3) is 0.188. The van der Waals surface area contributed by atoms with Crippen LogP contribution in [0, 0.1) is 13.8 Å². The first-order valence-electron chi connectivity index (χ1n) is 12.0. The number of benzene rings is 4. The number of aryl methyl sites for hydroxylation is 2. The van der Waals surface area contributed by atoms with Gasteiger partial charge in [-0.25, -0.2) is 0 Å². The highest BCUT2D eigenvalue weighted by Crippen LogP contribution is 2.41. The first-order valence-corrected chi connectivity index (χ1v) is 13.6. The van der Waals surface area contributed by atoms with Crippen LogP contribution in [0.5, 0.6) is 0 Å². The van der Waals surface area contributed by atoms with Gasteiger partial charge in [0.1, 0.15) is 0 Å². The number of anilines is 3. The Morgan fingerprint density at radius 3 is 1.77 bits per heavy atom. The lowest BCUT2D eigenvalue weighted by atomic mass is 9.82. The second kappa shape index (κ2) is 9.79. The van der Waals surface area contributed by atoms with E-state index in [9.17, 15) is 0 Å². The fourth-order valence-electron chi connectivity index (χ4n) is 5.37. The van der Waals surface area contributed by atoms with E-state index in [-0.39, 0.29) is 0 Å². The third-order valence-electron chi connectivity index (χ3n) is 6.88. The highest BCUT2D eigenvalue weighted by molar-refractivity contribution is 9.10. The van der Waals surface area contributed by atoms with Crippen LogP contribution in [0.4, 0.5) is 17.1 Å². The molecule has 0 amide bonds. The molecule has 1 aliphatic rings. The predicted molar refractivity (Wildman–Crippen MR) is 158 cm³/mol. The SMILES string of the molecule is CC1=Cc2cc(-c3c(C)cc(N(c4ccc(Br)cc4)c4ccc(Br)cc4)cc3C)ccc2C(C)C1. The lowest BCUT2D eigenvalue weighted by molar-refractivity contribution is 0.742. The van der Waals surface area contributed by atoms with Gasteiger partial charge < -0.3 is 4.90 Å².